The van der Waals surface area contributed by atoms with Crippen molar-refractivity contribution in [1.82, 2.24) is 9.97 Å². The molecule has 6 aromatic carbocycles. The molecule has 0 radical (unpaired) electrons. The molecule has 0 unspecified atom stereocenters. The molecule has 216 valence electrons. The molecular formula is C44H30N2. The molecule has 0 fully saturated rings. The predicted molar refractivity (Wildman–Crippen MR) is 192 cm³/mol. The molecule has 0 aliphatic carbocycles. The van der Waals surface area contributed by atoms with E-state index in [-0.39, 0.29) is 0 Å². The first-order valence-corrected chi connectivity index (χ1v) is 15.6. The number of pyridine rings is 2. The zero-order chi connectivity index (χ0) is 30.7. The van der Waals surface area contributed by atoms with Crippen molar-refractivity contribution >= 4 is 10.8 Å². The quantitative estimate of drug-likeness (QED) is 0.194. The second-order valence-electron chi connectivity index (χ2n) is 11.5. The average Bonchev–Trinajstić information content (AvgIpc) is 3.15. The standard InChI is InChI=1S/C44H30N2/c1-2-9-31(10-3-1)32-18-20-34(21-19-32)40-28-43(36-24-22-33(23-25-36)39-15-8-26-45-30-39)46-44(29-40)38-14-6-13-37(27-38)42-17-7-12-35-11-4-5-16-41(35)42/h1-30H. The van der Waals surface area contributed by atoms with Gasteiger partial charge in [-0.25, -0.2) is 4.98 Å². The van der Waals surface area contributed by atoms with Crippen LogP contribution in [0.5, 0.6) is 0 Å². The van der Waals surface area contributed by atoms with Crippen LogP contribution >= 0.6 is 0 Å². The van der Waals surface area contributed by atoms with Crippen LogP contribution in [0, 0.1) is 0 Å². The first kappa shape index (κ1) is 27.4. The fourth-order valence-corrected chi connectivity index (χ4v) is 6.17. The van der Waals surface area contributed by atoms with Gasteiger partial charge in [0, 0.05) is 23.5 Å². The van der Waals surface area contributed by atoms with Crippen molar-refractivity contribution in [2.45, 2.75) is 0 Å². The number of benzene rings is 6. The van der Waals surface area contributed by atoms with Crippen LogP contribution in [-0.4, -0.2) is 9.97 Å². The van der Waals surface area contributed by atoms with E-state index >= 15 is 0 Å². The van der Waals surface area contributed by atoms with Crippen molar-refractivity contribution in [3.05, 3.63) is 182 Å². The Bertz CT molecular complexity index is 2170. The Kier molecular flexibility index (Phi) is 7.22. The van der Waals surface area contributed by atoms with Crippen LogP contribution in [0.3, 0.4) is 0 Å². The second-order valence-corrected chi connectivity index (χ2v) is 11.5. The molecule has 0 spiro atoms. The number of hydrogen-bond acceptors (Lipinski definition) is 2. The number of fused-ring (bicyclic) bond motifs is 1. The van der Waals surface area contributed by atoms with Crippen molar-refractivity contribution in [2.24, 2.45) is 0 Å². The number of aromatic nitrogens is 2. The Morgan fingerprint density at radius 1 is 0.326 bits per heavy atom. The lowest BCUT2D eigenvalue weighted by molar-refractivity contribution is 1.32. The van der Waals surface area contributed by atoms with Crippen molar-refractivity contribution < 1.29 is 0 Å². The van der Waals surface area contributed by atoms with Gasteiger partial charge in [0.2, 0.25) is 0 Å². The normalized spacial score (nSPS) is 11.0. The molecule has 0 aliphatic heterocycles. The first-order chi connectivity index (χ1) is 22.8. The number of rotatable bonds is 6. The largest absolute Gasteiger partial charge is 0.264 e. The summed E-state index contributed by atoms with van der Waals surface area (Å²) in [5.74, 6) is 0. The lowest BCUT2D eigenvalue weighted by atomic mass is 9.94. The SMILES string of the molecule is c1ccc(-c2ccc(-c3cc(-c4ccc(-c5cccnc5)cc4)nc(-c4cccc(-c5cccc6ccccc56)c4)c3)cc2)cc1. The van der Waals surface area contributed by atoms with Crippen molar-refractivity contribution in [3.63, 3.8) is 0 Å². The van der Waals surface area contributed by atoms with Crippen LogP contribution in [0.2, 0.25) is 0 Å². The minimum absolute atomic E-state index is 0.938. The van der Waals surface area contributed by atoms with Crippen molar-refractivity contribution in [1.29, 1.82) is 0 Å². The van der Waals surface area contributed by atoms with E-state index < -0.39 is 0 Å². The van der Waals surface area contributed by atoms with Crippen LogP contribution in [-0.2, 0) is 0 Å². The van der Waals surface area contributed by atoms with E-state index in [2.05, 4.69) is 169 Å². The zero-order valence-corrected chi connectivity index (χ0v) is 25.2. The van der Waals surface area contributed by atoms with E-state index in [1.165, 1.54) is 33.0 Å². The Morgan fingerprint density at radius 3 is 1.63 bits per heavy atom. The molecule has 0 amide bonds. The van der Waals surface area contributed by atoms with Gasteiger partial charge in [-0.3, -0.25) is 4.98 Å². The smallest absolute Gasteiger partial charge is 0.0715 e. The van der Waals surface area contributed by atoms with Gasteiger partial charge < -0.3 is 0 Å². The molecule has 8 aromatic rings. The van der Waals surface area contributed by atoms with Gasteiger partial charge in [0.1, 0.15) is 0 Å². The number of nitrogens with zero attached hydrogens (tertiary/aromatic N) is 2. The first-order valence-electron chi connectivity index (χ1n) is 15.6. The molecule has 46 heavy (non-hydrogen) atoms. The molecule has 8 rings (SSSR count). The molecule has 2 aromatic heterocycles. The third-order valence-electron chi connectivity index (χ3n) is 8.59. The Hall–Kier alpha value is -6.12. The molecule has 0 bridgehead atoms. The molecule has 0 N–H and O–H groups in total. The zero-order valence-electron chi connectivity index (χ0n) is 25.2. The third-order valence-corrected chi connectivity index (χ3v) is 8.59. The van der Waals surface area contributed by atoms with E-state index in [9.17, 15) is 0 Å². The maximum absolute atomic E-state index is 5.25. The fraction of sp³-hybridized carbons (Fsp3) is 0. The van der Waals surface area contributed by atoms with Gasteiger partial charge in [-0.2, -0.15) is 0 Å². The van der Waals surface area contributed by atoms with Gasteiger partial charge in [0.05, 0.1) is 11.4 Å². The van der Waals surface area contributed by atoms with Crippen molar-refractivity contribution in [2.75, 3.05) is 0 Å². The van der Waals surface area contributed by atoms with Crippen LogP contribution in [0.25, 0.3) is 77.8 Å². The predicted octanol–water partition coefficient (Wildman–Crippen LogP) is 11.6. The Balaban J connectivity index is 1.23. The summed E-state index contributed by atoms with van der Waals surface area (Å²) in [6, 6.07) is 60.2. The average molecular weight is 587 g/mol. The van der Waals surface area contributed by atoms with Gasteiger partial charge in [-0.05, 0) is 79.5 Å². The highest BCUT2D eigenvalue weighted by molar-refractivity contribution is 5.97. The summed E-state index contributed by atoms with van der Waals surface area (Å²) in [6.45, 7) is 0. The maximum atomic E-state index is 5.25. The van der Waals surface area contributed by atoms with Crippen LogP contribution < -0.4 is 0 Å². The minimum atomic E-state index is 0.938. The highest BCUT2D eigenvalue weighted by atomic mass is 14.7. The van der Waals surface area contributed by atoms with Crippen molar-refractivity contribution in [3.8, 4) is 67.0 Å². The topological polar surface area (TPSA) is 25.8 Å². The van der Waals surface area contributed by atoms with Crippen LogP contribution in [0.1, 0.15) is 0 Å². The third kappa shape index (κ3) is 5.49. The Morgan fingerprint density at radius 2 is 0.870 bits per heavy atom. The lowest BCUT2D eigenvalue weighted by Gasteiger charge is -2.13. The summed E-state index contributed by atoms with van der Waals surface area (Å²) in [7, 11) is 0. The van der Waals surface area contributed by atoms with Gasteiger partial charge in [-0.1, -0.05) is 146 Å². The van der Waals surface area contributed by atoms with Gasteiger partial charge in [0.25, 0.3) is 0 Å². The Labute approximate surface area is 269 Å². The molecule has 0 saturated heterocycles. The summed E-state index contributed by atoms with van der Waals surface area (Å²) in [5.41, 5.74) is 13.4. The second kappa shape index (κ2) is 12.1. The molecule has 2 heterocycles. The van der Waals surface area contributed by atoms with E-state index in [0.29, 0.717) is 0 Å². The molecule has 0 atom stereocenters. The van der Waals surface area contributed by atoms with Crippen LogP contribution in [0.15, 0.2) is 182 Å². The minimum Gasteiger partial charge on any atom is -0.264 e. The van der Waals surface area contributed by atoms with E-state index in [1.54, 1.807) is 6.20 Å². The molecular weight excluding hydrogens is 556 g/mol. The highest BCUT2D eigenvalue weighted by Crippen LogP contribution is 2.35. The van der Waals surface area contributed by atoms with Gasteiger partial charge in [-0.15, -0.1) is 0 Å². The summed E-state index contributed by atoms with van der Waals surface area (Å²) < 4.78 is 0. The van der Waals surface area contributed by atoms with Crippen LogP contribution in [0.4, 0.5) is 0 Å². The lowest BCUT2D eigenvalue weighted by Crippen LogP contribution is -1.92. The highest BCUT2D eigenvalue weighted by Gasteiger charge is 2.12. The summed E-state index contributed by atoms with van der Waals surface area (Å²) in [4.78, 5) is 9.54. The summed E-state index contributed by atoms with van der Waals surface area (Å²) in [6.07, 6.45) is 3.70. The fourth-order valence-electron chi connectivity index (χ4n) is 6.17. The number of hydrogen-bond donors (Lipinski definition) is 0. The molecule has 0 saturated carbocycles. The molecule has 2 heteroatoms. The van der Waals surface area contributed by atoms with E-state index in [1.807, 2.05) is 12.3 Å². The van der Waals surface area contributed by atoms with E-state index in [4.69, 9.17) is 4.98 Å². The monoisotopic (exact) mass is 586 g/mol. The summed E-state index contributed by atoms with van der Waals surface area (Å²) >= 11 is 0. The molecule has 0 aliphatic rings. The van der Waals surface area contributed by atoms with E-state index in [0.717, 1.165) is 44.8 Å². The van der Waals surface area contributed by atoms with Gasteiger partial charge in [0.15, 0.2) is 0 Å². The maximum Gasteiger partial charge on any atom is 0.0715 e. The van der Waals surface area contributed by atoms with Gasteiger partial charge >= 0.3 is 0 Å². The molecule has 2 nitrogen and oxygen atoms in total. The summed E-state index contributed by atoms with van der Waals surface area (Å²) in [5, 5.41) is 2.48.